The number of aromatic nitrogens is 2. The van der Waals surface area contributed by atoms with Crippen LogP contribution in [-0.4, -0.2) is 28.4 Å². The van der Waals surface area contributed by atoms with Crippen LogP contribution in [0.3, 0.4) is 0 Å². The summed E-state index contributed by atoms with van der Waals surface area (Å²) in [5, 5.41) is 14.7. The van der Waals surface area contributed by atoms with E-state index in [4.69, 9.17) is 4.42 Å². The van der Waals surface area contributed by atoms with E-state index in [2.05, 4.69) is 20.8 Å². The van der Waals surface area contributed by atoms with Crippen LogP contribution >= 0.6 is 23.1 Å². The minimum atomic E-state index is -0.134. The number of thioether (sulfide) groups is 1. The Bertz CT molecular complexity index is 541. The van der Waals surface area contributed by atoms with Gasteiger partial charge in [0.2, 0.25) is 11.0 Å². The zero-order valence-corrected chi connectivity index (χ0v) is 12.9. The third kappa shape index (κ3) is 4.24. The number of carbonyl (C=O) groups excluding carboxylic acids is 1. The fraction of sp³-hybridized carbons (Fsp3) is 0.417. The van der Waals surface area contributed by atoms with E-state index < -0.39 is 0 Å². The maximum Gasteiger partial charge on any atom is 0.231 e. The molecule has 0 bridgehead atoms. The smallest absolute Gasteiger partial charge is 0.231 e. The Kier molecular flexibility index (Phi) is 5.42. The van der Waals surface area contributed by atoms with Crippen LogP contribution in [0.15, 0.2) is 27.2 Å². The van der Waals surface area contributed by atoms with Crippen LogP contribution < -0.4 is 10.6 Å². The van der Waals surface area contributed by atoms with Crippen molar-refractivity contribution in [3.05, 3.63) is 24.2 Å². The molecule has 0 aliphatic heterocycles. The van der Waals surface area contributed by atoms with E-state index in [0.717, 1.165) is 21.8 Å². The fourth-order valence-electron chi connectivity index (χ4n) is 1.51. The van der Waals surface area contributed by atoms with Crippen LogP contribution in [0.1, 0.15) is 25.6 Å². The molecular formula is C12H16N4O2S2. The van der Waals surface area contributed by atoms with E-state index in [1.807, 2.05) is 19.9 Å². The molecule has 0 aliphatic rings. The van der Waals surface area contributed by atoms with Gasteiger partial charge in [-0.1, -0.05) is 23.1 Å². The molecule has 0 spiro atoms. The van der Waals surface area contributed by atoms with Crippen molar-refractivity contribution in [3.63, 3.8) is 0 Å². The van der Waals surface area contributed by atoms with E-state index >= 15 is 0 Å². The van der Waals surface area contributed by atoms with Crippen LogP contribution in [0, 0.1) is 0 Å². The van der Waals surface area contributed by atoms with Gasteiger partial charge in [0.25, 0.3) is 0 Å². The van der Waals surface area contributed by atoms with Crippen LogP contribution in [0.25, 0.3) is 0 Å². The molecule has 0 aromatic carbocycles. The summed E-state index contributed by atoms with van der Waals surface area (Å²) in [6.07, 6.45) is 1.59. The Morgan fingerprint density at radius 3 is 3.10 bits per heavy atom. The lowest BCUT2D eigenvalue weighted by molar-refractivity contribution is -0.119. The van der Waals surface area contributed by atoms with Gasteiger partial charge in [0, 0.05) is 6.54 Å². The minimum absolute atomic E-state index is 0.0564. The number of nitrogens with zero attached hydrogens (tertiary/aromatic N) is 2. The van der Waals surface area contributed by atoms with Gasteiger partial charge < -0.3 is 15.1 Å². The van der Waals surface area contributed by atoms with E-state index in [9.17, 15) is 4.79 Å². The van der Waals surface area contributed by atoms with Crippen molar-refractivity contribution in [2.45, 2.75) is 24.2 Å². The van der Waals surface area contributed by atoms with Crippen molar-refractivity contribution in [3.8, 4) is 0 Å². The monoisotopic (exact) mass is 312 g/mol. The highest BCUT2D eigenvalue weighted by molar-refractivity contribution is 8.01. The first kappa shape index (κ1) is 14.9. The zero-order chi connectivity index (χ0) is 14.4. The number of hydrogen-bond acceptors (Lipinski definition) is 7. The molecule has 108 valence electrons. The molecule has 6 nitrogen and oxygen atoms in total. The van der Waals surface area contributed by atoms with Gasteiger partial charge in [-0.15, -0.1) is 10.2 Å². The molecule has 1 unspecified atom stereocenters. The third-order valence-electron chi connectivity index (χ3n) is 2.41. The lowest BCUT2D eigenvalue weighted by Crippen LogP contribution is -2.27. The highest BCUT2D eigenvalue weighted by Crippen LogP contribution is 2.25. The molecule has 0 aliphatic carbocycles. The second-order valence-electron chi connectivity index (χ2n) is 4.00. The lowest BCUT2D eigenvalue weighted by atomic mass is 10.2. The highest BCUT2D eigenvalue weighted by Gasteiger charge is 2.13. The topological polar surface area (TPSA) is 80.0 Å². The number of hydrogen-bond donors (Lipinski definition) is 2. The normalized spacial score (nSPS) is 12.1. The largest absolute Gasteiger partial charge is 0.467 e. The molecule has 0 saturated carbocycles. The molecule has 2 heterocycles. The van der Waals surface area contributed by atoms with Crippen LogP contribution in [-0.2, 0) is 4.79 Å². The summed E-state index contributed by atoms with van der Waals surface area (Å²) in [5.74, 6) is 0.999. The first-order valence-corrected chi connectivity index (χ1v) is 8.02. The fourth-order valence-corrected chi connectivity index (χ4v) is 3.14. The van der Waals surface area contributed by atoms with E-state index in [1.165, 1.54) is 23.1 Å². The van der Waals surface area contributed by atoms with E-state index in [1.54, 1.807) is 12.3 Å². The molecule has 2 aromatic rings. The second kappa shape index (κ2) is 7.30. The van der Waals surface area contributed by atoms with Gasteiger partial charge in [-0.05, 0) is 26.0 Å². The zero-order valence-electron chi connectivity index (χ0n) is 11.3. The second-order valence-corrected chi connectivity index (χ2v) is 6.20. The Morgan fingerprint density at radius 1 is 1.55 bits per heavy atom. The number of rotatable bonds is 7. The SMILES string of the molecule is CCNc1nnc(SCC(=O)NC(C)c2ccco2)s1. The highest BCUT2D eigenvalue weighted by atomic mass is 32.2. The molecule has 2 N–H and O–H groups in total. The molecule has 20 heavy (non-hydrogen) atoms. The summed E-state index contributed by atoms with van der Waals surface area (Å²) < 4.78 is 6.02. The van der Waals surface area contributed by atoms with Crippen molar-refractivity contribution in [2.24, 2.45) is 0 Å². The van der Waals surface area contributed by atoms with Crippen molar-refractivity contribution in [1.29, 1.82) is 0 Å². The average molecular weight is 312 g/mol. The number of nitrogens with one attached hydrogen (secondary N) is 2. The van der Waals surface area contributed by atoms with Gasteiger partial charge in [0.05, 0.1) is 18.1 Å². The predicted octanol–water partition coefficient (Wildman–Crippen LogP) is 2.53. The number of furan rings is 1. The first-order chi connectivity index (χ1) is 9.69. The summed E-state index contributed by atoms with van der Waals surface area (Å²) >= 11 is 2.82. The first-order valence-electron chi connectivity index (χ1n) is 6.22. The number of carbonyl (C=O) groups is 1. The Hall–Kier alpha value is -1.54. The van der Waals surface area contributed by atoms with Crippen molar-refractivity contribution >= 4 is 34.1 Å². The summed E-state index contributed by atoms with van der Waals surface area (Å²) in [6, 6.07) is 3.51. The molecule has 2 aromatic heterocycles. The Labute approximate surface area is 125 Å². The van der Waals surface area contributed by atoms with Gasteiger partial charge >= 0.3 is 0 Å². The average Bonchev–Trinajstić information content (AvgIpc) is 3.08. The van der Waals surface area contributed by atoms with Gasteiger partial charge in [-0.2, -0.15) is 0 Å². The van der Waals surface area contributed by atoms with Crippen molar-refractivity contribution in [2.75, 3.05) is 17.6 Å². The van der Waals surface area contributed by atoms with Crippen molar-refractivity contribution in [1.82, 2.24) is 15.5 Å². The Balaban J connectivity index is 1.77. The predicted molar refractivity (Wildman–Crippen MR) is 80.1 cm³/mol. The molecule has 0 radical (unpaired) electrons. The maximum absolute atomic E-state index is 11.8. The van der Waals surface area contributed by atoms with Crippen LogP contribution in [0.5, 0.6) is 0 Å². The minimum Gasteiger partial charge on any atom is -0.467 e. The standard InChI is InChI=1S/C12H16N4O2S2/c1-3-13-11-15-16-12(20-11)19-7-10(17)14-8(2)9-5-4-6-18-9/h4-6,8H,3,7H2,1-2H3,(H,13,15)(H,14,17). The molecule has 0 saturated heterocycles. The van der Waals surface area contributed by atoms with Gasteiger partial charge in [0.15, 0.2) is 4.34 Å². The summed E-state index contributed by atoms with van der Waals surface area (Å²) in [4.78, 5) is 11.8. The summed E-state index contributed by atoms with van der Waals surface area (Å²) in [6.45, 7) is 4.69. The van der Waals surface area contributed by atoms with Crippen molar-refractivity contribution < 1.29 is 9.21 Å². The number of anilines is 1. The third-order valence-corrected chi connectivity index (χ3v) is 4.42. The molecular weight excluding hydrogens is 296 g/mol. The van der Waals surface area contributed by atoms with Gasteiger partial charge in [-0.3, -0.25) is 4.79 Å². The molecule has 1 amide bonds. The van der Waals surface area contributed by atoms with Gasteiger partial charge in [-0.25, -0.2) is 0 Å². The maximum atomic E-state index is 11.8. The molecule has 0 fully saturated rings. The van der Waals surface area contributed by atoms with Gasteiger partial charge in [0.1, 0.15) is 5.76 Å². The summed E-state index contributed by atoms with van der Waals surface area (Å²) in [5.41, 5.74) is 0. The van der Waals surface area contributed by atoms with Crippen LogP contribution in [0.2, 0.25) is 0 Å². The van der Waals surface area contributed by atoms with E-state index in [0.29, 0.717) is 5.75 Å². The molecule has 2 rings (SSSR count). The number of amides is 1. The molecule has 1 atom stereocenters. The lowest BCUT2D eigenvalue weighted by Gasteiger charge is -2.10. The van der Waals surface area contributed by atoms with Crippen LogP contribution in [0.4, 0.5) is 5.13 Å². The van der Waals surface area contributed by atoms with E-state index in [-0.39, 0.29) is 11.9 Å². The Morgan fingerprint density at radius 2 is 2.40 bits per heavy atom. The quantitative estimate of drug-likeness (QED) is 0.765. The molecule has 8 heteroatoms. The summed E-state index contributed by atoms with van der Waals surface area (Å²) in [7, 11) is 0.